The van der Waals surface area contributed by atoms with Gasteiger partial charge in [-0.1, -0.05) is 42.0 Å². The van der Waals surface area contributed by atoms with Gasteiger partial charge in [0, 0.05) is 24.0 Å². The van der Waals surface area contributed by atoms with Crippen LogP contribution in [0.1, 0.15) is 43.1 Å². The number of carbonyl (C=O) groups excluding carboxylic acids is 2. The number of rotatable bonds is 5. The topological polar surface area (TPSA) is 71.1 Å². The van der Waals surface area contributed by atoms with Crippen LogP contribution in [0.25, 0.3) is 0 Å². The zero-order valence-electron chi connectivity index (χ0n) is 16.2. The minimum Gasteiger partial charge on any atom is -0.348 e. The number of aromatic nitrogens is 1. The number of benzene rings is 2. The number of carbonyl (C=O) groups is 2. The summed E-state index contributed by atoms with van der Waals surface area (Å²) >= 11 is 0. The van der Waals surface area contributed by atoms with Gasteiger partial charge in [-0.3, -0.25) is 14.6 Å². The van der Waals surface area contributed by atoms with Crippen LogP contribution in [0.5, 0.6) is 0 Å². The number of amides is 2. The lowest BCUT2D eigenvalue weighted by Gasteiger charge is -2.10. The SMILES string of the molecule is Cc1cccc(CNC(=O)c2ccnc(C(=O)Nc3cc(C)ccc3C)c2)c1. The predicted molar refractivity (Wildman–Crippen MR) is 110 cm³/mol. The normalized spacial score (nSPS) is 10.4. The quantitative estimate of drug-likeness (QED) is 0.704. The Hall–Kier alpha value is -3.47. The number of anilines is 1. The Balaban J connectivity index is 1.69. The van der Waals surface area contributed by atoms with Gasteiger partial charge in [-0.2, -0.15) is 0 Å². The molecular weight excluding hydrogens is 350 g/mol. The van der Waals surface area contributed by atoms with Crippen LogP contribution in [0.4, 0.5) is 5.69 Å². The number of hydrogen-bond donors (Lipinski definition) is 2. The number of aryl methyl sites for hydroxylation is 3. The van der Waals surface area contributed by atoms with Crippen molar-refractivity contribution in [1.29, 1.82) is 0 Å². The fourth-order valence-corrected chi connectivity index (χ4v) is 2.86. The van der Waals surface area contributed by atoms with Gasteiger partial charge < -0.3 is 10.6 Å². The van der Waals surface area contributed by atoms with E-state index in [2.05, 4.69) is 15.6 Å². The van der Waals surface area contributed by atoms with Crippen molar-refractivity contribution in [1.82, 2.24) is 10.3 Å². The second-order valence-electron chi connectivity index (χ2n) is 6.87. The molecule has 2 N–H and O–H groups in total. The van der Waals surface area contributed by atoms with E-state index in [1.807, 2.05) is 63.2 Å². The number of hydrogen-bond acceptors (Lipinski definition) is 3. The first-order valence-corrected chi connectivity index (χ1v) is 9.11. The maximum absolute atomic E-state index is 12.6. The van der Waals surface area contributed by atoms with Crippen molar-refractivity contribution < 1.29 is 9.59 Å². The van der Waals surface area contributed by atoms with Crippen molar-refractivity contribution in [3.63, 3.8) is 0 Å². The Morgan fingerprint density at radius 2 is 1.68 bits per heavy atom. The predicted octanol–water partition coefficient (Wildman–Crippen LogP) is 4.19. The number of pyridine rings is 1. The molecule has 28 heavy (non-hydrogen) atoms. The molecule has 2 amide bonds. The maximum atomic E-state index is 12.6. The Labute approximate surface area is 164 Å². The van der Waals surface area contributed by atoms with Crippen molar-refractivity contribution >= 4 is 17.5 Å². The van der Waals surface area contributed by atoms with E-state index in [9.17, 15) is 9.59 Å². The number of nitrogens with zero attached hydrogens (tertiary/aromatic N) is 1. The molecule has 2 aromatic carbocycles. The van der Waals surface area contributed by atoms with Gasteiger partial charge in [-0.05, 0) is 55.7 Å². The molecule has 5 heteroatoms. The molecule has 1 heterocycles. The lowest BCUT2D eigenvalue weighted by molar-refractivity contribution is 0.0950. The minimum absolute atomic E-state index is 0.198. The van der Waals surface area contributed by atoms with Gasteiger partial charge in [0.15, 0.2) is 0 Å². The van der Waals surface area contributed by atoms with Gasteiger partial charge in [-0.25, -0.2) is 0 Å². The molecule has 0 unspecified atom stereocenters. The molecule has 0 atom stereocenters. The fourth-order valence-electron chi connectivity index (χ4n) is 2.86. The fraction of sp³-hybridized carbons (Fsp3) is 0.174. The van der Waals surface area contributed by atoms with Gasteiger partial charge in [0.2, 0.25) is 0 Å². The molecule has 0 radical (unpaired) electrons. The van der Waals surface area contributed by atoms with Gasteiger partial charge in [-0.15, -0.1) is 0 Å². The number of nitrogens with one attached hydrogen (secondary N) is 2. The molecule has 3 aromatic rings. The van der Waals surface area contributed by atoms with E-state index in [0.717, 1.165) is 27.9 Å². The minimum atomic E-state index is -0.345. The second kappa shape index (κ2) is 8.48. The summed E-state index contributed by atoms with van der Waals surface area (Å²) in [6, 6.07) is 16.9. The first-order valence-electron chi connectivity index (χ1n) is 9.11. The average molecular weight is 373 g/mol. The lowest BCUT2D eigenvalue weighted by atomic mass is 10.1. The molecule has 1 aromatic heterocycles. The third-order valence-corrected chi connectivity index (χ3v) is 4.43. The van der Waals surface area contributed by atoms with Crippen LogP contribution in [0, 0.1) is 20.8 Å². The summed E-state index contributed by atoms with van der Waals surface area (Å²) in [5, 5.41) is 5.74. The molecule has 0 saturated heterocycles. The zero-order valence-corrected chi connectivity index (χ0v) is 16.2. The molecule has 5 nitrogen and oxygen atoms in total. The Morgan fingerprint density at radius 1 is 0.893 bits per heavy atom. The Bertz CT molecular complexity index is 1030. The van der Waals surface area contributed by atoms with E-state index in [-0.39, 0.29) is 17.5 Å². The highest BCUT2D eigenvalue weighted by Gasteiger charge is 2.13. The van der Waals surface area contributed by atoms with E-state index in [1.165, 1.54) is 12.3 Å². The van der Waals surface area contributed by atoms with Gasteiger partial charge >= 0.3 is 0 Å². The zero-order chi connectivity index (χ0) is 20.1. The van der Waals surface area contributed by atoms with Crippen LogP contribution in [-0.2, 0) is 6.54 Å². The Morgan fingerprint density at radius 3 is 2.46 bits per heavy atom. The molecule has 0 fully saturated rings. The van der Waals surface area contributed by atoms with E-state index >= 15 is 0 Å². The van der Waals surface area contributed by atoms with Crippen LogP contribution in [0.3, 0.4) is 0 Å². The summed E-state index contributed by atoms with van der Waals surface area (Å²) in [7, 11) is 0. The molecule has 0 bridgehead atoms. The molecule has 3 rings (SSSR count). The van der Waals surface area contributed by atoms with Crippen molar-refractivity contribution in [2.24, 2.45) is 0 Å². The first kappa shape index (κ1) is 19.3. The lowest BCUT2D eigenvalue weighted by Crippen LogP contribution is -2.24. The monoisotopic (exact) mass is 373 g/mol. The van der Waals surface area contributed by atoms with E-state index in [0.29, 0.717) is 12.1 Å². The van der Waals surface area contributed by atoms with E-state index < -0.39 is 0 Å². The summed E-state index contributed by atoms with van der Waals surface area (Å²) in [5.41, 5.74) is 5.51. The standard InChI is InChI=1S/C23H23N3O2/c1-15-5-4-6-18(11-15)14-25-22(27)19-9-10-24-21(13-19)23(28)26-20-12-16(2)7-8-17(20)3/h4-13H,14H2,1-3H3,(H,25,27)(H,26,28). The molecule has 0 aliphatic heterocycles. The van der Waals surface area contributed by atoms with Crippen LogP contribution in [-0.4, -0.2) is 16.8 Å². The molecular formula is C23H23N3O2. The average Bonchev–Trinajstić information content (AvgIpc) is 2.69. The molecule has 0 aliphatic rings. The van der Waals surface area contributed by atoms with Crippen LogP contribution in [0.15, 0.2) is 60.8 Å². The van der Waals surface area contributed by atoms with Crippen molar-refractivity contribution in [3.05, 3.63) is 94.3 Å². The highest BCUT2D eigenvalue weighted by Crippen LogP contribution is 2.17. The van der Waals surface area contributed by atoms with Crippen molar-refractivity contribution in [2.75, 3.05) is 5.32 Å². The maximum Gasteiger partial charge on any atom is 0.274 e. The van der Waals surface area contributed by atoms with Crippen LogP contribution < -0.4 is 10.6 Å². The first-order chi connectivity index (χ1) is 13.4. The summed E-state index contributed by atoms with van der Waals surface area (Å²) in [6.45, 7) is 6.33. The van der Waals surface area contributed by atoms with Crippen molar-refractivity contribution in [3.8, 4) is 0 Å². The molecule has 0 aliphatic carbocycles. The molecule has 0 saturated carbocycles. The summed E-state index contributed by atoms with van der Waals surface area (Å²) < 4.78 is 0. The summed E-state index contributed by atoms with van der Waals surface area (Å²) in [4.78, 5) is 29.1. The van der Waals surface area contributed by atoms with E-state index in [1.54, 1.807) is 6.07 Å². The highest BCUT2D eigenvalue weighted by molar-refractivity contribution is 6.05. The largest absolute Gasteiger partial charge is 0.348 e. The third-order valence-electron chi connectivity index (χ3n) is 4.43. The highest BCUT2D eigenvalue weighted by atomic mass is 16.2. The Kier molecular flexibility index (Phi) is 5.84. The van der Waals surface area contributed by atoms with Gasteiger partial charge in [0.1, 0.15) is 5.69 Å². The van der Waals surface area contributed by atoms with Gasteiger partial charge in [0.25, 0.3) is 11.8 Å². The van der Waals surface area contributed by atoms with Crippen LogP contribution in [0.2, 0.25) is 0 Å². The van der Waals surface area contributed by atoms with Crippen LogP contribution >= 0.6 is 0 Å². The summed E-state index contributed by atoms with van der Waals surface area (Å²) in [5.74, 6) is -0.591. The third kappa shape index (κ3) is 4.82. The van der Waals surface area contributed by atoms with Crippen molar-refractivity contribution in [2.45, 2.75) is 27.3 Å². The second-order valence-corrected chi connectivity index (χ2v) is 6.87. The van der Waals surface area contributed by atoms with E-state index in [4.69, 9.17) is 0 Å². The molecule has 142 valence electrons. The smallest absolute Gasteiger partial charge is 0.274 e. The summed E-state index contributed by atoms with van der Waals surface area (Å²) in [6.07, 6.45) is 1.47. The molecule has 0 spiro atoms. The van der Waals surface area contributed by atoms with Gasteiger partial charge in [0.05, 0.1) is 0 Å².